The maximum absolute atomic E-state index is 13.3. The largest absolute Gasteiger partial charge is 0.294 e. The van der Waals surface area contributed by atoms with E-state index in [0.717, 1.165) is 17.5 Å². The van der Waals surface area contributed by atoms with Gasteiger partial charge >= 0.3 is 0 Å². The molecular weight excluding hydrogens is 239 g/mol. The normalized spacial score (nSPS) is 10.5. The summed E-state index contributed by atoms with van der Waals surface area (Å²) in [5.74, 6) is -0.406. The summed E-state index contributed by atoms with van der Waals surface area (Å²) >= 11 is 0. The summed E-state index contributed by atoms with van der Waals surface area (Å²) in [6, 6.07) is 12.4. The van der Waals surface area contributed by atoms with Crippen LogP contribution in [0.5, 0.6) is 0 Å². The molecule has 2 heteroatoms. The zero-order valence-electron chi connectivity index (χ0n) is 11.2. The van der Waals surface area contributed by atoms with Gasteiger partial charge in [-0.2, -0.15) is 0 Å². The Hall–Kier alpha value is -1.96. The number of ketones is 1. The lowest BCUT2D eigenvalue weighted by Gasteiger charge is -2.04. The van der Waals surface area contributed by atoms with Crippen LogP contribution in [0, 0.1) is 12.7 Å². The van der Waals surface area contributed by atoms with Crippen LogP contribution in [0.4, 0.5) is 4.39 Å². The lowest BCUT2D eigenvalue weighted by atomic mass is 10.0. The smallest absolute Gasteiger partial charge is 0.167 e. The topological polar surface area (TPSA) is 17.1 Å². The van der Waals surface area contributed by atoms with Gasteiger partial charge in [-0.25, -0.2) is 4.39 Å². The van der Waals surface area contributed by atoms with Gasteiger partial charge in [0, 0.05) is 12.0 Å². The molecule has 0 aromatic heterocycles. The van der Waals surface area contributed by atoms with Crippen LogP contribution in [0.2, 0.25) is 0 Å². The minimum Gasteiger partial charge on any atom is -0.294 e. The highest BCUT2D eigenvalue weighted by atomic mass is 19.1. The predicted molar refractivity (Wildman–Crippen MR) is 75.0 cm³/mol. The summed E-state index contributed by atoms with van der Waals surface area (Å²) < 4.78 is 13.3. The van der Waals surface area contributed by atoms with Crippen molar-refractivity contribution in [1.82, 2.24) is 0 Å². The summed E-state index contributed by atoms with van der Waals surface area (Å²) in [6.07, 6.45) is 1.30. The predicted octanol–water partition coefficient (Wildman–Crippen LogP) is 4.12. The first-order chi connectivity index (χ1) is 9.08. The number of benzene rings is 2. The molecule has 0 spiro atoms. The van der Waals surface area contributed by atoms with Gasteiger partial charge in [0.2, 0.25) is 0 Å². The van der Waals surface area contributed by atoms with Crippen LogP contribution in [0.1, 0.15) is 34.0 Å². The Morgan fingerprint density at radius 3 is 2.26 bits per heavy atom. The van der Waals surface area contributed by atoms with E-state index in [1.807, 2.05) is 24.3 Å². The van der Waals surface area contributed by atoms with E-state index in [4.69, 9.17) is 0 Å². The maximum Gasteiger partial charge on any atom is 0.167 e. The van der Waals surface area contributed by atoms with Crippen molar-refractivity contribution in [3.05, 3.63) is 70.5 Å². The van der Waals surface area contributed by atoms with Gasteiger partial charge in [-0.1, -0.05) is 31.2 Å². The monoisotopic (exact) mass is 256 g/mol. The molecule has 0 bridgehead atoms. The lowest BCUT2D eigenvalue weighted by Crippen LogP contribution is -2.04. The van der Waals surface area contributed by atoms with Crippen molar-refractivity contribution in [3.63, 3.8) is 0 Å². The highest BCUT2D eigenvalue weighted by Crippen LogP contribution is 2.13. The van der Waals surface area contributed by atoms with Crippen LogP contribution in [0.25, 0.3) is 0 Å². The number of hydrogen-bond acceptors (Lipinski definition) is 1. The molecule has 0 atom stereocenters. The first kappa shape index (κ1) is 13.5. The number of rotatable bonds is 4. The lowest BCUT2D eigenvalue weighted by molar-refractivity contribution is 0.0992. The first-order valence-electron chi connectivity index (χ1n) is 6.46. The van der Waals surface area contributed by atoms with Gasteiger partial charge in [0.15, 0.2) is 5.78 Å². The highest BCUT2D eigenvalue weighted by molar-refractivity contribution is 5.97. The number of carbonyl (C=O) groups is 1. The summed E-state index contributed by atoms with van der Waals surface area (Å²) in [5.41, 5.74) is 3.42. The first-order valence-corrected chi connectivity index (χ1v) is 6.46. The quantitative estimate of drug-likeness (QED) is 0.752. The van der Waals surface area contributed by atoms with E-state index in [9.17, 15) is 9.18 Å². The van der Waals surface area contributed by atoms with E-state index >= 15 is 0 Å². The summed E-state index contributed by atoms with van der Waals surface area (Å²) in [7, 11) is 0. The third kappa shape index (κ3) is 3.50. The average Bonchev–Trinajstić information content (AvgIpc) is 2.38. The third-order valence-electron chi connectivity index (χ3n) is 3.16. The summed E-state index contributed by atoms with van der Waals surface area (Å²) in [4.78, 5) is 12.1. The molecule has 19 heavy (non-hydrogen) atoms. The second-order valence-electron chi connectivity index (χ2n) is 4.79. The molecule has 0 aliphatic carbocycles. The zero-order chi connectivity index (χ0) is 13.8. The van der Waals surface area contributed by atoms with Gasteiger partial charge in [0.25, 0.3) is 0 Å². The van der Waals surface area contributed by atoms with Crippen molar-refractivity contribution in [2.75, 3.05) is 0 Å². The number of Topliss-reactive ketones (excluding diaryl/α,β-unsaturated/α-hetero) is 1. The van der Waals surface area contributed by atoms with Crippen molar-refractivity contribution in [3.8, 4) is 0 Å². The van der Waals surface area contributed by atoms with Gasteiger partial charge in [0.05, 0.1) is 0 Å². The van der Waals surface area contributed by atoms with E-state index in [-0.39, 0.29) is 11.6 Å². The van der Waals surface area contributed by atoms with E-state index in [2.05, 4.69) is 6.92 Å². The molecule has 2 aromatic rings. The molecule has 1 nitrogen and oxygen atoms in total. The van der Waals surface area contributed by atoms with E-state index < -0.39 is 0 Å². The van der Waals surface area contributed by atoms with Crippen molar-refractivity contribution in [1.29, 1.82) is 0 Å². The number of halogens is 1. The highest BCUT2D eigenvalue weighted by Gasteiger charge is 2.09. The summed E-state index contributed by atoms with van der Waals surface area (Å²) in [5, 5.41) is 0. The molecule has 0 unspecified atom stereocenters. The molecular formula is C17H17FO. The average molecular weight is 256 g/mol. The standard InChI is InChI=1S/C17H17FO/c1-3-13-4-6-14(7-5-13)10-17(19)15-8-12(2)9-16(18)11-15/h4-9,11H,3,10H2,1-2H3. The van der Waals surface area contributed by atoms with E-state index in [1.165, 1.54) is 17.7 Å². The van der Waals surface area contributed by atoms with Gasteiger partial charge in [-0.15, -0.1) is 0 Å². The van der Waals surface area contributed by atoms with Crippen LogP contribution in [0.3, 0.4) is 0 Å². The molecule has 0 aliphatic rings. The molecule has 98 valence electrons. The second-order valence-corrected chi connectivity index (χ2v) is 4.79. The van der Waals surface area contributed by atoms with Crippen LogP contribution >= 0.6 is 0 Å². The second kappa shape index (κ2) is 5.79. The van der Waals surface area contributed by atoms with E-state index in [0.29, 0.717) is 12.0 Å². The van der Waals surface area contributed by atoms with Crippen LogP contribution < -0.4 is 0 Å². The van der Waals surface area contributed by atoms with Crippen LogP contribution in [0.15, 0.2) is 42.5 Å². The van der Waals surface area contributed by atoms with Gasteiger partial charge in [-0.3, -0.25) is 4.79 Å². The molecule has 0 radical (unpaired) electrons. The van der Waals surface area contributed by atoms with E-state index in [1.54, 1.807) is 13.0 Å². The van der Waals surface area contributed by atoms with Gasteiger partial charge < -0.3 is 0 Å². The minimum absolute atomic E-state index is 0.0492. The Kier molecular flexibility index (Phi) is 4.10. The molecule has 2 rings (SSSR count). The molecule has 0 saturated carbocycles. The molecule has 0 fully saturated rings. The minimum atomic E-state index is -0.357. The molecule has 0 aliphatic heterocycles. The Morgan fingerprint density at radius 1 is 1.05 bits per heavy atom. The Balaban J connectivity index is 2.15. The Labute approximate surface area is 113 Å². The number of aryl methyl sites for hydroxylation is 2. The van der Waals surface area contributed by atoms with Crippen molar-refractivity contribution in [2.45, 2.75) is 26.7 Å². The van der Waals surface area contributed by atoms with Gasteiger partial charge in [0.1, 0.15) is 5.82 Å². The Morgan fingerprint density at radius 2 is 1.68 bits per heavy atom. The fourth-order valence-corrected chi connectivity index (χ4v) is 2.08. The zero-order valence-corrected chi connectivity index (χ0v) is 11.2. The molecule has 0 N–H and O–H groups in total. The third-order valence-corrected chi connectivity index (χ3v) is 3.16. The van der Waals surface area contributed by atoms with Crippen molar-refractivity contribution < 1.29 is 9.18 Å². The Bertz CT molecular complexity index is 564. The molecule has 0 amide bonds. The number of carbonyl (C=O) groups excluding carboxylic acids is 1. The van der Waals surface area contributed by atoms with Crippen molar-refractivity contribution in [2.24, 2.45) is 0 Å². The molecule has 2 aromatic carbocycles. The molecule has 0 saturated heterocycles. The number of hydrogen-bond donors (Lipinski definition) is 0. The fraction of sp³-hybridized carbons (Fsp3) is 0.235. The molecule has 0 heterocycles. The van der Waals surface area contributed by atoms with Gasteiger partial charge in [-0.05, 0) is 48.2 Å². The fourth-order valence-electron chi connectivity index (χ4n) is 2.08. The summed E-state index contributed by atoms with van der Waals surface area (Å²) in [6.45, 7) is 3.88. The van der Waals surface area contributed by atoms with Crippen LogP contribution in [-0.2, 0) is 12.8 Å². The maximum atomic E-state index is 13.3. The van der Waals surface area contributed by atoms with Crippen LogP contribution in [-0.4, -0.2) is 5.78 Å². The SMILES string of the molecule is CCc1ccc(CC(=O)c2cc(C)cc(F)c2)cc1. The van der Waals surface area contributed by atoms with Crippen molar-refractivity contribution >= 4 is 5.78 Å².